The minimum Gasteiger partial charge on any atom is -0.255 e. The fourth-order valence-corrected chi connectivity index (χ4v) is 2.93. The summed E-state index contributed by atoms with van der Waals surface area (Å²) in [5, 5.41) is 14.9. The number of imidazole rings is 1. The number of hydrogen-bond acceptors (Lipinski definition) is 5. The molecule has 0 aromatic carbocycles. The lowest BCUT2D eigenvalue weighted by atomic mass is 10.2. The molecule has 0 saturated heterocycles. The Balaban J connectivity index is 2.08. The third-order valence-corrected chi connectivity index (χ3v) is 3.97. The highest BCUT2D eigenvalue weighted by molar-refractivity contribution is 7.16. The first-order valence-corrected chi connectivity index (χ1v) is 7.35. The SMILES string of the molecule is CCCCc1nn2c(C#N)c(-c3ccccn3)nc2s1. The summed E-state index contributed by atoms with van der Waals surface area (Å²) in [6, 6.07) is 7.77. The number of rotatable bonds is 4. The zero-order valence-electron chi connectivity index (χ0n) is 11.1. The monoisotopic (exact) mass is 283 g/mol. The van der Waals surface area contributed by atoms with Gasteiger partial charge in [-0.05, 0) is 18.6 Å². The first-order chi connectivity index (χ1) is 9.83. The Morgan fingerprint density at radius 2 is 2.30 bits per heavy atom. The van der Waals surface area contributed by atoms with Crippen LogP contribution in [0.4, 0.5) is 0 Å². The van der Waals surface area contributed by atoms with E-state index in [2.05, 4.69) is 28.1 Å². The zero-order valence-corrected chi connectivity index (χ0v) is 11.9. The van der Waals surface area contributed by atoms with E-state index < -0.39 is 0 Å². The van der Waals surface area contributed by atoms with Crippen LogP contribution in [-0.2, 0) is 6.42 Å². The molecule has 0 saturated carbocycles. The van der Waals surface area contributed by atoms with Crippen LogP contribution in [0.1, 0.15) is 30.5 Å². The number of hydrogen-bond donors (Lipinski definition) is 0. The molecular weight excluding hydrogens is 270 g/mol. The Bertz CT molecular complexity index is 766. The van der Waals surface area contributed by atoms with Crippen LogP contribution in [0, 0.1) is 11.3 Å². The highest BCUT2D eigenvalue weighted by atomic mass is 32.1. The standard InChI is InChI=1S/C14H13N5S/c1-2-3-7-12-18-19-11(9-15)13(17-14(19)20-12)10-6-4-5-8-16-10/h4-6,8H,2-3,7H2,1H3. The van der Waals surface area contributed by atoms with Gasteiger partial charge in [0.15, 0.2) is 5.69 Å². The summed E-state index contributed by atoms with van der Waals surface area (Å²) in [5.41, 5.74) is 1.77. The highest BCUT2D eigenvalue weighted by Crippen LogP contribution is 2.25. The molecule has 100 valence electrons. The first kappa shape index (κ1) is 12.8. The molecule has 3 rings (SSSR count). The molecule has 3 aromatic heterocycles. The predicted octanol–water partition coefficient (Wildman–Crippen LogP) is 3.07. The topological polar surface area (TPSA) is 66.9 Å². The van der Waals surface area contributed by atoms with Crippen LogP contribution in [0.15, 0.2) is 24.4 Å². The summed E-state index contributed by atoms with van der Waals surface area (Å²) in [5.74, 6) is 0. The maximum atomic E-state index is 9.38. The van der Waals surface area contributed by atoms with Crippen LogP contribution in [0.3, 0.4) is 0 Å². The van der Waals surface area contributed by atoms with E-state index in [9.17, 15) is 5.26 Å². The summed E-state index contributed by atoms with van der Waals surface area (Å²) in [6.45, 7) is 2.15. The molecule has 0 aliphatic heterocycles. The minimum atomic E-state index is 0.456. The molecule has 3 aromatic rings. The van der Waals surface area contributed by atoms with Crippen molar-refractivity contribution < 1.29 is 0 Å². The molecule has 0 N–H and O–H groups in total. The maximum absolute atomic E-state index is 9.38. The van der Waals surface area contributed by atoms with E-state index in [4.69, 9.17) is 0 Å². The molecule has 0 radical (unpaired) electrons. The van der Waals surface area contributed by atoms with Gasteiger partial charge in [-0.3, -0.25) is 4.98 Å². The number of aryl methyl sites for hydroxylation is 1. The van der Waals surface area contributed by atoms with Crippen molar-refractivity contribution >= 4 is 16.3 Å². The van der Waals surface area contributed by atoms with E-state index in [0.717, 1.165) is 29.2 Å². The second kappa shape index (κ2) is 5.39. The molecule has 0 aliphatic rings. The largest absolute Gasteiger partial charge is 0.255 e. The molecule has 0 fully saturated rings. The number of nitriles is 1. The Morgan fingerprint density at radius 3 is 3.00 bits per heavy atom. The third-order valence-electron chi connectivity index (χ3n) is 3.00. The Morgan fingerprint density at radius 1 is 1.40 bits per heavy atom. The molecule has 0 bridgehead atoms. The normalized spacial score (nSPS) is 10.8. The molecular formula is C14H13N5S. The molecule has 20 heavy (non-hydrogen) atoms. The van der Waals surface area contributed by atoms with E-state index >= 15 is 0 Å². The van der Waals surface area contributed by atoms with Gasteiger partial charge < -0.3 is 0 Å². The third kappa shape index (κ3) is 2.17. The van der Waals surface area contributed by atoms with Crippen molar-refractivity contribution in [3.63, 3.8) is 0 Å². The fourth-order valence-electron chi connectivity index (χ4n) is 2.00. The molecule has 0 unspecified atom stereocenters. The van der Waals surface area contributed by atoms with Gasteiger partial charge >= 0.3 is 0 Å². The number of unbranched alkanes of at least 4 members (excludes halogenated alkanes) is 1. The van der Waals surface area contributed by atoms with Crippen LogP contribution in [-0.4, -0.2) is 19.6 Å². The van der Waals surface area contributed by atoms with E-state index in [1.54, 1.807) is 22.0 Å². The van der Waals surface area contributed by atoms with Crippen LogP contribution >= 0.6 is 11.3 Å². The van der Waals surface area contributed by atoms with Gasteiger partial charge in [-0.15, -0.1) is 0 Å². The van der Waals surface area contributed by atoms with Crippen molar-refractivity contribution in [2.45, 2.75) is 26.2 Å². The lowest BCUT2D eigenvalue weighted by molar-refractivity contribution is 0.769. The first-order valence-electron chi connectivity index (χ1n) is 6.53. The van der Waals surface area contributed by atoms with Gasteiger partial charge in [-0.2, -0.15) is 14.9 Å². The highest BCUT2D eigenvalue weighted by Gasteiger charge is 2.18. The van der Waals surface area contributed by atoms with Crippen molar-refractivity contribution in [3.8, 4) is 17.5 Å². The molecule has 5 nitrogen and oxygen atoms in total. The second-order valence-corrected chi connectivity index (χ2v) is 5.47. The number of nitrogens with zero attached hydrogens (tertiary/aromatic N) is 5. The van der Waals surface area contributed by atoms with Crippen molar-refractivity contribution in [1.29, 1.82) is 5.26 Å². The smallest absolute Gasteiger partial charge is 0.214 e. The summed E-state index contributed by atoms with van der Waals surface area (Å²) < 4.78 is 1.64. The number of aromatic nitrogens is 4. The van der Waals surface area contributed by atoms with E-state index in [1.165, 1.54) is 0 Å². The number of pyridine rings is 1. The molecule has 0 atom stereocenters. The minimum absolute atomic E-state index is 0.456. The Kier molecular flexibility index (Phi) is 3.44. The van der Waals surface area contributed by atoms with Gasteiger partial charge in [0, 0.05) is 12.6 Å². The van der Waals surface area contributed by atoms with Crippen LogP contribution in [0.2, 0.25) is 0 Å². The van der Waals surface area contributed by atoms with Gasteiger partial charge in [0.25, 0.3) is 0 Å². The maximum Gasteiger partial charge on any atom is 0.214 e. The average molecular weight is 283 g/mol. The lowest BCUT2D eigenvalue weighted by Gasteiger charge is -1.95. The predicted molar refractivity (Wildman–Crippen MR) is 77.4 cm³/mol. The quantitative estimate of drug-likeness (QED) is 0.738. The molecule has 0 spiro atoms. The summed E-state index contributed by atoms with van der Waals surface area (Å²) in [4.78, 5) is 9.53. The number of fused-ring (bicyclic) bond motifs is 1. The van der Waals surface area contributed by atoms with Crippen LogP contribution in [0.5, 0.6) is 0 Å². The summed E-state index contributed by atoms with van der Waals surface area (Å²) in [7, 11) is 0. The summed E-state index contributed by atoms with van der Waals surface area (Å²) >= 11 is 1.54. The van der Waals surface area contributed by atoms with Gasteiger partial charge in [0.05, 0.1) is 5.69 Å². The molecule has 0 amide bonds. The molecule has 0 aliphatic carbocycles. The van der Waals surface area contributed by atoms with Crippen LogP contribution < -0.4 is 0 Å². The average Bonchev–Trinajstić information content (AvgIpc) is 3.02. The van der Waals surface area contributed by atoms with Gasteiger partial charge in [-0.25, -0.2) is 4.98 Å². The fraction of sp³-hybridized carbons (Fsp3) is 0.286. The van der Waals surface area contributed by atoms with Crippen molar-refractivity contribution in [1.82, 2.24) is 19.6 Å². The van der Waals surface area contributed by atoms with E-state index in [1.807, 2.05) is 18.2 Å². The summed E-state index contributed by atoms with van der Waals surface area (Å²) in [6.07, 6.45) is 4.87. The van der Waals surface area contributed by atoms with Crippen molar-refractivity contribution in [2.24, 2.45) is 0 Å². The van der Waals surface area contributed by atoms with E-state index in [0.29, 0.717) is 17.1 Å². The molecule has 3 heterocycles. The Labute approximate surface area is 120 Å². The molecule has 6 heteroatoms. The zero-order chi connectivity index (χ0) is 13.9. The van der Waals surface area contributed by atoms with Gasteiger partial charge in [-0.1, -0.05) is 30.7 Å². The lowest BCUT2D eigenvalue weighted by Crippen LogP contribution is -1.93. The van der Waals surface area contributed by atoms with Gasteiger partial charge in [0.1, 0.15) is 16.8 Å². The van der Waals surface area contributed by atoms with E-state index in [-0.39, 0.29) is 0 Å². The van der Waals surface area contributed by atoms with Crippen molar-refractivity contribution in [3.05, 3.63) is 35.1 Å². The Hall–Kier alpha value is -2.26. The van der Waals surface area contributed by atoms with Crippen LogP contribution in [0.25, 0.3) is 16.3 Å². The second-order valence-electron chi connectivity index (χ2n) is 4.43. The van der Waals surface area contributed by atoms with Gasteiger partial charge in [0.2, 0.25) is 4.96 Å². The van der Waals surface area contributed by atoms with Crippen molar-refractivity contribution in [2.75, 3.05) is 0 Å².